The first-order chi connectivity index (χ1) is 13.6. The first kappa shape index (κ1) is 19.2. The SMILES string of the molecule is CC/C=C/CCOc1c(OC(=O)c2ccccc2)c2cccc(O)c2oc1=O. The van der Waals surface area contributed by atoms with Crippen LogP contribution in [0.5, 0.6) is 17.2 Å². The van der Waals surface area contributed by atoms with Crippen LogP contribution in [0.4, 0.5) is 0 Å². The fourth-order valence-electron chi connectivity index (χ4n) is 2.63. The number of carbonyl (C=O) groups is 1. The summed E-state index contributed by atoms with van der Waals surface area (Å²) in [5, 5.41) is 10.3. The minimum Gasteiger partial charge on any atom is -0.504 e. The smallest absolute Gasteiger partial charge is 0.383 e. The molecule has 1 heterocycles. The van der Waals surface area contributed by atoms with E-state index >= 15 is 0 Å². The van der Waals surface area contributed by atoms with Gasteiger partial charge in [0.25, 0.3) is 0 Å². The topological polar surface area (TPSA) is 86.0 Å². The second-order valence-electron chi connectivity index (χ2n) is 5.97. The van der Waals surface area contributed by atoms with Gasteiger partial charge in [0.1, 0.15) is 0 Å². The van der Waals surface area contributed by atoms with Crippen molar-refractivity contribution in [3.8, 4) is 17.2 Å². The third-order valence-corrected chi connectivity index (χ3v) is 3.96. The molecule has 0 fully saturated rings. The van der Waals surface area contributed by atoms with Gasteiger partial charge in [-0.3, -0.25) is 0 Å². The standard InChI is InChI=1S/C22H20O6/c1-2-3-4-8-14-26-20-19(28-21(24)15-10-6-5-7-11-15)16-12-9-13-17(23)18(16)27-22(20)25/h3-7,9-13,23H,2,8,14H2,1H3/b4-3+. The van der Waals surface area contributed by atoms with E-state index in [1.165, 1.54) is 6.07 Å². The van der Waals surface area contributed by atoms with Gasteiger partial charge in [-0.2, -0.15) is 0 Å². The van der Waals surface area contributed by atoms with Crippen LogP contribution in [-0.2, 0) is 0 Å². The highest BCUT2D eigenvalue weighted by Crippen LogP contribution is 2.36. The van der Waals surface area contributed by atoms with E-state index in [1.54, 1.807) is 42.5 Å². The third-order valence-electron chi connectivity index (χ3n) is 3.96. The Labute approximate surface area is 161 Å². The lowest BCUT2D eigenvalue weighted by Crippen LogP contribution is -2.15. The van der Waals surface area contributed by atoms with Crippen molar-refractivity contribution in [2.75, 3.05) is 6.61 Å². The van der Waals surface area contributed by atoms with Gasteiger partial charge >= 0.3 is 11.6 Å². The number of esters is 1. The molecule has 1 N–H and O–H groups in total. The van der Waals surface area contributed by atoms with Gasteiger partial charge in [-0.1, -0.05) is 43.3 Å². The van der Waals surface area contributed by atoms with E-state index in [0.717, 1.165) is 6.42 Å². The monoisotopic (exact) mass is 380 g/mol. The molecule has 28 heavy (non-hydrogen) atoms. The molecule has 144 valence electrons. The number of rotatable bonds is 7. The molecule has 3 rings (SSSR count). The van der Waals surface area contributed by atoms with Gasteiger partial charge in [0.05, 0.1) is 17.6 Å². The zero-order valence-corrected chi connectivity index (χ0v) is 15.4. The summed E-state index contributed by atoms with van der Waals surface area (Å²) < 4.78 is 16.3. The normalized spacial score (nSPS) is 11.0. The van der Waals surface area contributed by atoms with E-state index < -0.39 is 11.6 Å². The van der Waals surface area contributed by atoms with Crippen LogP contribution in [0, 0.1) is 0 Å². The van der Waals surface area contributed by atoms with Crippen LogP contribution in [0.3, 0.4) is 0 Å². The predicted molar refractivity (Wildman–Crippen MR) is 105 cm³/mol. The van der Waals surface area contributed by atoms with Crippen LogP contribution in [0.1, 0.15) is 30.1 Å². The number of phenols is 1. The van der Waals surface area contributed by atoms with E-state index in [-0.39, 0.29) is 34.8 Å². The Balaban J connectivity index is 2.02. The highest BCUT2D eigenvalue weighted by Gasteiger charge is 2.22. The van der Waals surface area contributed by atoms with Crippen molar-refractivity contribution < 1.29 is 23.8 Å². The van der Waals surface area contributed by atoms with Gasteiger partial charge in [0.2, 0.25) is 5.75 Å². The number of hydrogen-bond acceptors (Lipinski definition) is 6. The van der Waals surface area contributed by atoms with Crippen molar-refractivity contribution >= 4 is 16.9 Å². The molecule has 1 aromatic heterocycles. The molecule has 0 bridgehead atoms. The zero-order valence-electron chi connectivity index (χ0n) is 15.4. The Hall–Kier alpha value is -3.54. The summed E-state index contributed by atoms with van der Waals surface area (Å²) >= 11 is 0. The Kier molecular flexibility index (Phi) is 6.11. The number of allylic oxidation sites excluding steroid dienone is 1. The second kappa shape index (κ2) is 8.90. The summed E-state index contributed by atoms with van der Waals surface area (Å²) in [6.07, 6.45) is 5.40. The van der Waals surface area contributed by atoms with E-state index in [0.29, 0.717) is 12.0 Å². The lowest BCUT2D eigenvalue weighted by Gasteiger charge is -2.12. The van der Waals surface area contributed by atoms with Crippen molar-refractivity contribution in [1.82, 2.24) is 0 Å². The molecule has 0 amide bonds. The van der Waals surface area contributed by atoms with Crippen molar-refractivity contribution in [3.63, 3.8) is 0 Å². The average Bonchev–Trinajstić information content (AvgIpc) is 2.71. The minimum absolute atomic E-state index is 0.0680. The van der Waals surface area contributed by atoms with Gasteiger partial charge in [0.15, 0.2) is 17.1 Å². The summed E-state index contributed by atoms with van der Waals surface area (Å²) in [6, 6.07) is 12.9. The van der Waals surface area contributed by atoms with Crippen LogP contribution >= 0.6 is 0 Å². The van der Waals surface area contributed by atoms with E-state index in [4.69, 9.17) is 13.9 Å². The number of fused-ring (bicyclic) bond motifs is 1. The number of aromatic hydroxyl groups is 1. The van der Waals surface area contributed by atoms with Gasteiger partial charge < -0.3 is 19.0 Å². The van der Waals surface area contributed by atoms with Gasteiger partial charge in [-0.25, -0.2) is 9.59 Å². The zero-order chi connectivity index (χ0) is 19.9. The molecule has 2 aromatic carbocycles. The van der Waals surface area contributed by atoms with Crippen molar-refractivity contribution in [2.45, 2.75) is 19.8 Å². The molecule has 3 aromatic rings. The van der Waals surface area contributed by atoms with Gasteiger partial charge in [-0.05, 0) is 37.1 Å². The van der Waals surface area contributed by atoms with E-state index in [1.807, 2.05) is 19.1 Å². The molecule has 0 aliphatic heterocycles. The van der Waals surface area contributed by atoms with Crippen molar-refractivity contribution in [3.05, 3.63) is 76.7 Å². The Morgan fingerprint density at radius 2 is 1.86 bits per heavy atom. The molecule has 0 atom stereocenters. The summed E-state index contributed by atoms with van der Waals surface area (Å²) in [5.74, 6) is -1.15. The van der Waals surface area contributed by atoms with Crippen molar-refractivity contribution in [1.29, 1.82) is 0 Å². The summed E-state index contributed by atoms with van der Waals surface area (Å²) in [7, 11) is 0. The van der Waals surface area contributed by atoms with Crippen LogP contribution in [-0.4, -0.2) is 17.7 Å². The number of ether oxygens (including phenoxy) is 2. The van der Waals surface area contributed by atoms with Crippen LogP contribution in [0.2, 0.25) is 0 Å². The fourth-order valence-corrected chi connectivity index (χ4v) is 2.63. The first-order valence-electron chi connectivity index (χ1n) is 8.95. The molecule has 0 radical (unpaired) electrons. The van der Waals surface area contributed by atoms with E-state index in [2.05, 4.69) is 0 Å². The molecule has 0 spiro atoms. The maximum atomic E-state index is 12.5. The van der Waals surface area contributed by atoms with Gasteiger partial charge in [-0.15, -0.1) is 0 Å². The quantitative estimate of drug-likeness (QED) is 0.282. The molecule has 0 saturated carbocycles. The summed E-state index contributed by atoms with van der Waals surface area (Å²) in [4.78, 5) is 25.0. The van der Waals surface area contributed by atoms with E-state index in [9.17, 15) is 14.7 Å². The molecule has 0 unspecified atom stereocenters. The maximum Gasteiger partial charge on any atom is 0.383 e. The largest absolute Gasteiger partial charge is 0.504 e. The number of hydrogen-bond donors (Lipinski definition) is 1. The molecular weight excluding hydrogens is 360 g/mol. The molecule has 6 nitrogen and oxygen atoms in total. The first-order valence-corrected chi connectivity index (χ1v) is 8.95. The van der Waals surface area contributed by atoms with Gasteiger partial charge in [0, 0.05) is 0 Å². The van der Waals surface area contributed by atoms with Crippen molar-refractivity contribution in [2.24, 2.45) is 0 Å². The minimum atomic E-state index is -0.829. The lowest BCUT2D eigenvalue weighted by atomic mass is 10.2. The number of para-hydroxylation sites is 1. The number of benzene rings is 2. The fraction of sp³-hybridized carbons (Fsp3) is 0.182. The lowest BCUT2D eigenvalue weighted by molar-refractivity contribution is 0.0729. The maximum absolute atomic E-state index is 12.5. The van der Waals surface area contributed by atoms with Crippen LogP contribution < -0.4 is 15.1 Å². The molecule has 0 saturated heterocycles. The number of phenolic OH excluding ortho intramolecular Hbond substituents is 1. The molecule has 0 aliphatic carbocycles. The Morgan fingerprint density at radius 3 is 2.61 bits per heavy atom. The highest BCUT2D eigenvalue weighted by atomic mass is 16.6. The summed E-state index contributed by atoms with van der Waals surface area (Å²) in [5.41, 5.74) is -0.577. The average molecular weight is 380 g/mol. The molecule has 0 aliphatic rings. The highest BCUT2D eigenvalue weighted by molar-refractivity contribution is 5.96. The molecule has 6 heteroatoms. The second-order valence-corrected chi connectivity index (χ2v) is 5.97. The molecular formula is C22H20O6. The van der Waals surface area contributed by atoms with Crippen LogP contribution in [0.25, 0.3) is 11.0 Å². The Bertz CT molecular complexity index is 1050. The number of carbonyl (C=O) groups excluding carboxylic acids is 1. The summed E-state index contributed by atoms with van der Waals surface area (Å²) in [6.45, 7) is 2.23. The van der Waals surface area contributed by atoms with Crippen LogP contribution in [0.15, 0.2) is 69.9 Å². The third kappa shape index (κ3) is 4.23. The Morgan fingerprint density at radius 1 is 1.07 bits per heavy atom. The predicted octanol–water partition coefficient (Wildman–Crippen LogP) is 4.45.